The fourth-order valence-corrected chi connectivity index (χ4v) is 2.47. The predicted octanol–water partition coefficient (Wildman–Crippen LogP) is 1.03. The lowest BCUT2D eigenvalue weighted by molar-refractivity contribution is 0.00157. The first-order chi connectivity index (χ1) is 7.65. The summed E-state index contributed by atoms with van der Waals surface area (Å²) in [7, 11) is 0. The van der Waals surface area contributed by atoms with Crippen LogP contribution in [0.15, 0.2) is 0 Å². The zero-order chi connectivity index (χ0) is 12.0. The van der Waals surface area contributed by atoms with Crippen molar-refractivity contribution in [1.82, 2.24) is 0 Å². The van der Waals surface area contributed by atoms with Crippen molar-refractivity contribution >= 4 is 0 Å². The van der Waals surface area contributed by atoms with Gasteiger partial charge in [-0.1, -0.05) is 32.1 Å². The van der Waals surface area contributed by atoms with Crippen LogP contribution in [0.5, 0.6) is 0 Å². The van der Waals surface area contributed by atoms with E-state index in [0.29, 0.717) is 5.92 Å². The Hall–Kier alpha value is -0.560. The van der Waals surface area contributed by atoms with E-state index in [4.69, 9.17) is 12.2 Å². The average molecular weight is 225 g/mol. The highest BCUT2D eigenvalue weighted by Crippen LogP contribution is 2.27. The molecule has 0 aromatic heterocycles. The van der Waals surface area contributed by atoms with Crippen molar-refractivity contribution in [3.63, 3.8) is 0 Å². The summed E-state index contributed by atoms with van der Waals surface area (Å²) in [5.74, 6) is 2.95. The second-order valence-electron chi connectivity index (χ2n) is 4.87. The Bertz CT molecular complexity index is 231. The smallest absolute Gasteiger partial charge is 0.0958 e. The SMILES string of the molecule is C#CC[C@@H](O)[C@H](O)[C@H](N)CC1CCCCC1. The van der Waals surface area contributed by atoms with E-state index >= 15 is 0 Å². The third kappa shape index (κ3) is 4.13. The van der Waals surface area contributed by atoms with Crippen molar-refractivity contribution in [3.8, 4) is 12.3 Å². The number of nitrogens with two attached hydrogens (primary N) is 1. The fourth-order valence-electron chi connectivity index (χ4n) is 2.47. The topological polar surface area (TPSA) is 66.5 Å². The fraction of sp³-hybridized carbons (Fsp3) is 0.846. The third-order valence-corrected chi connectivity index (χ3v) is 3.49. The highest BCUT2D eigenvalue weighted by molar-refractivity contribution is 4.92. The molecular formula is C13H23NO2. The highest BCUT2D eigenvalue weighted by atomic mass is 16.3. The minimum atomic E-state index is -0.891. The molecule has 0 aromatic carbocycles. The molecule has 3 atom stereocenters. The molecule has 0 aromatic rings. The molecule has 0 spiro atoms. The summed E-state index contributed by atoms with van der Waals surface area (Å²) in [6.45, 7) is 0. The summed E-state index contributed by atoms with van der Waals surface area (Å²) in [6.07, 6.45) is 10.5. The summed E-state index contributed by atoms with van der Waals surface area (Å²) in [5, 5.41) is 19.3. The van der Waals surface area contributed by atoms with E-state index in [1.54, 1.807) is 0 Å². The number of terminal acetylenes is 1. The van der Waals surface area contributed by atoms with Crippen molar-refractivity contribution in [3.05, 3.63) is 0 Å². The Morgan fingerprint density at radius 3 is 2.44 bits per heavy atom. The van der Waals surface area contributed by atoms with E-state index < -0.39 is 12.2 Å². The van der Waals surface area contributed by atoms with Crippen LogP contribution >= 0.6 is 0 Å². The molecule has 0 heterocycles. The molecule has 3 heteroatoms. The number of aliphatic hydroxyl groups excluding tert-OH is 2. The van der Waals surface area contributed by atoms with Crippen molar-refractivity contribution < 1.29 is 10.2 Å². The summed E-state index contributed by atoms with van der Waals surface area (Å²) < 4.78 is 0. The van der Waals surface area contributed by atoms with Crippen LogP contribution in [0.25, 0.3) is 0 Å². The van der Waals surface area contributed by atoms with Gasteiger partial charge in [-0.25, -0.2) is 0 Å². The molecule has 1 aliphatic carbocycles. The lowest BCUT2D eigenvalue weighted by Gasteiger charge is -2.28. The number of aliphatic hydroxyl groups is 2. The molecule has 0 amide bonds. The lowest BCUT2D eigenvalue weighted by Crippen LogP contribution is -2.44. The van der Waals surface area contributed by atoms with Gasteiger partial charge < -0.3 is 15.9 Å². The molecule has 1 rings (SSSR count). The van der Waals surface area contributed by atoms with Crippen LogP contribution < -0.4 is 5.73 Å². The molecule has 4 N–H and O–H groups in total. The van der Waals surface area contributed by atoms with E-state index in [-0.39, 0.29) is 12.5 Å². The minimum absolute atomic E-state index is 0.166. The first kappa shape index (κ1) is 13.5. The van der Waals surface area contributed by atoms with Gasteiger partial charge in [-0.3, -0.25) is 0 Å². The largest absolute Gasteiger partial charge is 0.389 e. The zero-order valence-corrected chi connectivity index (χ0v) is 9.81. The molecule has 0 unspecified atom stereocenters. The van der Waals surface area contributed by atoms with Crippen LogP contribution in [0.3, 0.4) is 0 Å². The van der Waals surface area contributed by atoms with Crippen LogP contribution in [-0.2, 0) is 0 Å². The maximum atomic E-state index is 9.78. The number of rotatable bonds is 5. The van der Waals surface area contributed by atoms with Gasteiger partial charge >= 0.3 is 0 Å². The highest BCUT2D eigenvalue weighted by Gasteiger charge is 2.26. The summed E-state index contributed by atoms with van der Waals surface area (Å²) in [5.41, 5.74) is 5.90. The van der Waals surface area contributed by atoms with Gasteiger partial charge in [0.1, 0.15) is 0 Å². The normalized spacial score (nSPS) is 23.4. The molecule has 16 heavy (non-hydrogen) atoms. The van der Waals surface area contributed by atoms with Crippen LogP contribution in [0.4, 0.5) is 0 Å². The van der Waals surface area contributed by atoms with Crippen LogP contribution in [0, 0.1) is 18.3 Å². The maximum Gasteiger partial charge on any atom is 0.0958 e. The van der Waals surface area contributed by atoms with Crippen molar-refractivity contribution in [2.75, 3.05) is 0 Å². The Morgan fingerprint density at radius 2 is 1.88 bits per heavy atom. The third-order valence-electron chi connectivity index (χ3n) is 3.49. The molecule has 1 fully saturated rings. The molecule has 1 saturated carbocycles. The number of hydrogen-bond donors (Lipinski definition) is 3. The first-order valence-corrected chi connectivity index (χ1v) is 6.20. The second-order valence-corrected chi connectivity index (χ2v) is 4.87. The Kier molecular flexibility index (Phi) is 5.83. The quantitative estimate of drug-likeness (QED) is 0.612. The van der Waals surface area contributed by atoms with E-state index in [0.717, 1.165) is 6.42 Å². The van der Waals surface area contributed by atoms with Crippen molar-refractivity contribution in [1.29, 1.82) is 0 Å². The molecule has 0 saturated heterocycles. The van der Waals surface area contributed by atoms with Gasteiger partial charge in [0.2, 0.25) is 0 Å². The lowest BCUT2D eigenvalue weighted by atomic mass is 9.83. The molecule has 0 bridgehead atoms. The summed E-state index contributed by atoms with van der Waals surface area (Å²) in [4.78, 5) is 0. The van der Waals surface area contributed by atoms with Gasteiger partial charge in [0, 0.05) is 12.5 Å². The molecule has 3 nitrogen and oxygen atoms in total. The molecule has 1 aliphatic rings. The maximum absolute atomic E-state index is 9.78. The first-order valence-electron chi connectivity index (χ1n) is 6.20. The van der Waals surface area contributed by atoms with Crippen molar-refractivity contribution in [2.24, 2.45) is 11.7 Å². The van der Waals surface area contributed by atoms with Crippen LogP contribution in [0.2, 0.25) is 0 Å². The standard InChI is InChI=1S/C13H23NO2/c1-2-6-12(15)13(16)11(14)9-10-7-4-3-5-8-10/h1,10-13,15-16H,3-9,14H2/t11-,12-,13-/m1/s1. The van der Waals surface area contributed by atoms with Crippen LogP contribution in [-0.4, -0.2) is 28.5 Å². The zero-order valence-electron chi connectivity index (χ0n) is 9.81. The molecule has 0 aliphatic heterocycles. The van der Waals surface area contributed by atoms with Gasteiger partial charge in [-0.2, -0.15) is 0 Å². The van der Waals surface area contributed by atoms with Gasteiger partial charge in [0.05, 0.1) is 12.2 Å². The van der Waals surface area contributed by atoms with Gasteiger partial charge in [0.15, 0.2) is 0 Å². The Balaban J connectivity index is 2.32. The molecule has 92 valence electrons. The van der Waals surface area contributed by atoms with Crippen LogP contribution in [0.1, 0.15) is 44.9 Å². The van der Waals surface area contributed by atoms with Crippen molar-refractivity contribution in [2.45, 2.75) is 63.2 Å². The van der Waals surface area contributed by atoms with Gasteiger partial charge in [-0.15, -0.1) is 12.3 Å². The van der Waals surface area contributed by atoms with E-state index in [1.165, 1.54) is 32.1 Å². The van der Waals surface area contributed by atoms with E-state index in [9.17, 15) is 10.2 Å². The number of hydrogen-bond acceptors (Lipinski definition) is 3. The summed E-state index contributed by atoms with van der Waals surface area (Å²) >= 11 is 0. The van der Waals surface area contributed by atoms with Gasteiger partial charge in [-0.05, 0) is 12.3 Å². The summed E-state index contributed by atoms with van der Waals surface area (Å²) in [6, 6.07) is -0.355. The average Bonchev–Trinajstić information content (AvgIpc) is 2.29. The molecule has 0 radical (unpaired) electrons. The second kappa shape index (κ2) is 6.90. The van der Waals surface area contributed by atoms with E-state index in [2.05, 4.69) is 5.92 Å². The Morgan fingerprint density at radius 1 is 1.25 bits per heavy atom. The Labute approximate surface area is 98.0 Å². The minimum Gasteiger partial charge on any atom is -0.389 e. The monoisotopic (exact) mass is 225 g/mol. The van der Waals surface area contributed by atoms with E-state index in [1.807, 2.05) is 0 Å². The molecular weight excluding hydrogens is 202 g/mol. The predicted molar refractivity (Wildman–Crippen MR) is 64.6 cm³/mol. The van der Waals surface area contributed by atoms with Gasteiger partial charge in [0.25, 0.3) is 0 Å².